The van der Waals surface area contributed by atoms with Crippen LogP contribution < -0.4 is 0 Å². The van der Waals surface area contributed by atoms with Crippen LogP contribution in [0.3, 0.4) is 0 Å². The molecule has 0 amide bonds. The first-order valence-corrected chi connectivity index (χ1v) is 2.21. The summed E-state index contributed by atoms with van der Waals surface area (Å²) in [5.41, 5.74) is 0. The van der Waals surface area contributed by atoms with E-state index in [1.807, 2.05) is 0 Å². The monoisotopic (exact) mass is 152 g/mol. The van der Waals surface area contributed by atoms with E-state index in [4.69, 9.17) is 5.11 Å². The number of rotatable bonds is 2. The Labute approximate surface area is 61.8 Å². The van der Waals surface area contributed by atoms with Gasteiger partial charge in [0.25, 0.3) is 0 Å². The molecule has 0 rings (SSSR count). The van der Waals surface area contributed by atoms with Crippen molar-refractivity contribution in [3.05, 3.63) is 0 Å². The molecule has 0 spiro atoms. The average molecular weight is 152 g/mol. The molecule has 0 saturated carbocycles. The van der Waals surface area contributed by atoms with Crippen LogP contribution in [0, 0.1) is 0 Å². The second kappa shape index (κ2) is 11.1. The number of carbonyl (C=O) groups is 1. The van der Waals surface area contributed by atoms with Crippen molar-refractivity contribution in [2.45, 2.75) is 21.8 Å². The van der Waals surface area contributed by atoms with E-state index in [1.165, 1.54) is 0 Å². The summed E-state index contributed by atoms with van der Waals surface area (Å²) in [5.74, 6) is 0. The van der Waals surface area contributed by atoms with Gasteiger partial charge < -0.3 is 14.6 Å². The summed E-state index contributed by atoms with van der Waals surface area (Å²) in [6, 6.07) is 0. The van der Waals surface area contributed by atoms with E-state index in [2.05, 4.69) is 9.47 Å². The summed E-state index contributed by atoms with van der Waals surface area (Å²) in [4.78, 5) is 10.0. The van der Waals surface area contributed by atoms with E-state index in [1.54, 1.807) is 6.92 Å². The highest BCUT2D eigenvalue weighted by Crippen LogP contribution is 1.80. The van der Waals surface area contributed by atoms with Gasteiger partial charge in [-0.3, -0.25) is 0 Å². The van der Waals surface area contributed by atoms with Crippen molar-refractivity contribution >= 4 is 6.16 Å². The van der Waals surface area contributed by atoms with Crippen LogP contribution in [-0.2, 0) is 9.47 Å². The predicted molar refractivity (Wildman–Crippen MR) is 38.7 cm³/mol. The van der Waals surface area contributed by atoms with E-state index in [0.29, 0.717) is 0 Å². The molecular weight excluding hydrogens is 136 g/mol. The highest BCUT2D eigenvalue weighted by molar-refractivity contribution is 5.59. The molecule has 64 valence electrons. The Balaban J connectivity index is -0.000000245. The van der Waals surface area contributed by atoms with Gasteiger partial charge in [0.2, 0.25) is 0 Å². The van der Waals surface area contributed by atoms with Gasteiger partial charge in [-0.1, -0.05) is 14.9 Å². The van der Waals surface area contributed by atoms with E-state index in [0.717, 1.165) is 0 Å². The maximum Gasteiger partial charge on any atom is 0.510 e. The lowest BCUT2D eigenvalue weighted by Crippen LogP contribution is -2.06. The van der Waals surface area contributed by atoms with Gasteiger partial charge in [-0.25, -0.2) is 4.79 Å². The third-order valence-corrected chi connectivity index (χ3v) is 0.445. The zero-order valence-electron chi connectivity index (χ0n) is 4.59. The normalized spacial score (nSPS) is 6.60. The molecule has 0 radical (unpaired) electrons. The molecule has 0 unspecified atom stereocenters. The summed E-state index contributed by atoms with van der Waals surface area (Å²) in [7, 11) is 0. The second-order valence-electron chi connectivity index (χ2n) is 0.956. The number of hydrogen-bond donors (Lipinski definition) is 1. The Bertz CT molecular complexity index is 64.1. The molecular formula is C6H16O4. The summed E-state index contributed by atoms with van der Waals surface area (Å²) in [6.07, 6.45) is -0.838. The number of aliphatic hydroxyl groups is 1. The van der Waals surface area contributed by atoms with Crippen LogP contribution in [0.25, 0.3) is 0 Å². The first-order valence-electron chi connectivity index (χ1n) is 2.21. The fourth-order valence-electron chi connectivity index (χ4n) is 0.212. The minimum atomic E-state index is -0.838. The highest BCUT2D eigenvalue weighted by Gasteiger charge is 1.96. The molecule has 0 bridgehead atoms. The first kappa shape index (κ1) is 16.1. The van der Waals surface area contributed by atoms with Gasteiger partial charge in [0.05, 0.1) is 6.61 Å². The molecule has 4 nitrogen and oxygen atoms in total. The third-order valence-electron chi connectivity index (χ3n) is 0.445. The number of carbonyl (C=O) groups excluding carboxylic acids is 1. The summed E-state index contributed by atoms with van der Waals surface area (Å²) in [6.45, 7) is 1.29. The molecule has 0 aromatic carbocycles. The predicted octanol–water partition coefficient (Wildman–Crippen LogP) is 1.38. The van der Waals surface area contributed by atoms with E-state index in [9.17, 15) is 4.79 Å². The van der Waals surface area contributed by atoms with Crippen LogP contribution in [0.1, 0.15) is 21.8 Å². The Morgan fingerprint density at radius 2 is 1.90 bits per heavy atom. The molecule has 0 aromatic heterocycles. The van der Waals surface area contributed by atoms with Crippen LogP contribution in [-0.4, -0.2) is 24.7 Å². The zero-order valence-corrected chi connectivity index (χ0v) is 4.59. The molecule has 0 aliphatic carbocycles. The topological polar surface area (TPSA) is 55.8 Å². The lowest BCUT2D eigenvalue weighted by molar-refractivity contribution is -0.00358. The molecule has 0 aliphatic rings. The lowest BCUT2D eigenvalue weighted by Gasteiger charge is -1.97. The molecule has 0 saturated heterocycles. The van der Waals surface area contributed by atoms with Gasteiger partial charge in [-0.15, -0.1) is 0 Å². The van der Waals surface area contributed by atoms with Crippen LogP contribution in [0.4, 0.5) is 4.79 Å². The molecule has 0 aromatic rings. The zero-order chi connectivity index (χ0) is 6.41. The lowest BCUT2D eigenvalue weighted by atomic mass is 10.9. The standard InChI is InChI=1S/C4H8O4.2CH4/c1-2-7-4(6)8-3-5;;/h5H,2-3H2,1H3;2*1H4. The van der Waals surface area contributed by atoms with Crippen LogP contribution in [0.5, 0.6) is 0 Å². The number of aliphatic hydroxyl groups excluding tert-OH is 1. The van der Waals surface area contributed by atoms with Gasteiger partial charge in [0, 0.05) is 0 Å². The van der Waals surface area contributed by atoms with Crippen LogP contribution in [0.15, 0.2) is 0 Å². The van der Waals surface area contributed by atoms with Crippen LogP contribution in [0.2, 0.25) is 0 Å². The molecule has 10 heavy (non-hydrogen) atoms. The van der Waals surface area contributed by atoms with Gasteiger partial charge in [-0.05, 0) is 6.92 Å². The maximum atomic E-state index is 10.0. The highest BCUT2D eigenvalue weighted by atomic mass is 16.8. The summed E-state index contributed by atoms with van der Waals surface area (Å²) < 4.78 is 8.24. The van der Waals surface area contributed by atoms with Crippen molar-refractivity contribution in [3.63, 3.8) is 0 Å². The summed E-state index contributed by atoms with van der Waals surface area (Å²) in [5, 5.41) is 7.94. The first-order chi connectivity index (χ1) is 3.81. The van der Waals surface area contributed by atoms with Crippen molar-refractivity contribution in [1.82, 2.24) is 0 Å². The van der Waals surface area contributed by atoms with Gasteiger partial charge in [-0.2, -0.15) is 0 Å². The fraction of sp³-hybridized carbons (Fsp3) is 0.833. The SMILES string of the molecule is C.C.CCOC(=O)OCO. The van der Waals surface area contributed by atoms with E-state index < -0.39 is 12.9 Å². The molecule has 0 heterocycles. The smallest absolute Gasteiger partial charge is 0.435 e. The van der Waals surface area contributed by atoms with Crippen molar-refractivity contribution in [2.24, 2.45) is 0 Å². The van der Waals surface area contributed by atoms with Crippen molar-refractivity contribution < 1.29 is 19.4 Å². The quantitative estimate of drug-likeness (QED) is 0.479. The molecule has 0 atom stereocenters. The minimum absolute atomic E-state index is 0. The largest absolute Gasteiger partial charge is 0.510 e. The second-order valence-corrected chi connectivity index (χ2v) is 0.956. The number of hydrogen-bond acceptors (Lipinski definition) is 4. The maximum absolute atomic E-state index is 10.0. The Kier molecular flexibility index (Phi) is 17.9. The van der Waals surface area contributed by atoms with Gasteiger partial charge in [0.15, 0.2) is 6.79 Å². The fourth-order valence-corrected chi connectivity index (χ4v) is 0.212. The molecule has 0 fully saturated rings. The van der Waals surface area contributed by atoms with Gasteiger partial charge in [0.1, 0.15) is 0 Å². The van der Waals surface area contributed by atoms with E-state index in [-0.39, 0.29) is 21.5 Å². The van der Waals surface area contributed by atoms with Crippen LogP contribution >= 0.6 is 0 Å². The van der Waals surface area contributed by atoms with Crippen molar-refractivity contribution in [3.8, 4) is 0 Å². The Morgan fingerprint density at radius 3 is 2.20 bits per heavy atom. The summed E-state index contributed by atoms with van der Waals surface area (Å²) >= 11 is 0. The Morgan fingerprint density at radius 1 is 1.40 bits per heavy atom. The number of ether oxygens (including phenoxy) is 2. The van der Waals surface area contributed by atoms with Crippen molar-refractivity contribution in [1.29, 1.82) is 0 Å². The Hall–Kier alpha value is -0.770. The minimum Gasteiger partial charge on any atom is -0.435 e. The van der Waals surface area contributed by atoms with Gasteiger partial charge >= 0.3 is 6.16 Å². The van der Waals surface area contributed by atoms with E-state index >= 15 is 0 Å². The third kappa shape index (κ3) is 10.3. The molecule has 4 heteroatoms. The average Bonchev–Trinajstić information content (AvgIpc) is 1.68. The van der Waals surface area contributed by atoms with Crippen molar-refractivity contribution in [2.75, 3.05) is 13.4 Å². The molecule has 0 aliphatic heterocycles. The molecule has 1 N–H and O–H groups in total.